The third-order valence-electron chi connectivity index (χ3n) is 4.91. The molecular weight excluding hydrogens is 425 g/mol. The van der Waals surface area contributed by atoms with Gasteiger partial charge in [-0.3, -0.25) is 9.59 Å². The number of allylic oxidation sites excluding steroid dienone is 1. The summed E-state index contributed by atoms with van der Waals surface area (Å²) in [5.41, 5.74) is 1.94. The van der Waals surface area contributed by atoms with Crippen LogP contribution in [0.4, 0.5) is 13.2 Å². The minimum atomic E-state index is -4.68. The second-order valence-electron chi connectivity index (χ2n) is 7.10. The van der Waals surface area contributed by atoms with Crippen molar-refractivity contribution in [2.45, 2.75) is 44.6 Å². The fourth-order valence-corrected chi connectivity index (χ4v) is 4.70. The Morgan fingerprint density at radius 1 is 1.23 bits per heavy atom. The predicted octanol–water partition coefficient (Wildman–Crippen LogP) is 1.11. The Labute approximate surface area is 171 Å². The quantitative estimate of drug-likeness (QED) is 0.585. The van der Waals surface area contributed by atoms with E-state index in [-0.39, 0.29) is 17.9 Å². The van der Waals surface area contributed by atoms with Gasteiger partial charge in [0.25, 0.3) is 11.8 Å². The van der Waals surface area contributed by atoms with Crippen molar-refractivity contribution in [3.8, 4) is 0 Å². The number of hydrazine groups is 1. The van der Waals surface area contributed by atoms with Gasteiger partial charge in [-0.2, -0.15) is 13.2 Å². The molecule has 2 heterocycles. The van der Waals surface area contributed by atoms with Gasteiger partial charge in [0.15, 0.2) is 0 Å². The van der Waals surface area contributed by atoms with Crippen molar-refractivity contribution in [1.82, 2.24) is 20.5 Å². The van der Waals surface area contributed by atoms with Crippen LogP contribution in [0.25, 0.3) is 0 Å². The van der Waals surface area contributed by atoms with Gasteiger partial charge in [-0.25, -0.2) is 23.6 Å². The second-order valence-corrected chi connectivity index (χ2v) is 8.94. The van der Waals surface area contributed by atoms with Crippen LogP contribution in [-0.4, -0.2) is 49.4 Å². The highest BCUT2D eigenvalue weighted by Gasteiger charge is 2.58. The Morgan fingerprint density at radius 2 is 1.87 bits per heavy atom. The van der Waals surface area contributed by atoms with Crippen molar-refractivity contribution in [1.29, 1.82) is 0 Å². The molecule has 1 aromatic carbocycles. The minimum absolute atomic E-state index is 0.00370. The molecule has 1 fully saturated rings. The molecule has 3 rings (SSSR count). The van der Waals surface area contributed by atoms with Gasteiger partial charge in [-0.1, -0.05) is 37.3 Å². The topological polar surface area (TPSA) is 108 Å². The Kier molecular flexibility index (Phi) is 5.83. The van der Waals surface area contributed by atoms with Gasteiger partial charge in [-0.15, -0.1) is 0 Å². The number of halogens is 3. The number of hydrogen-bond acceptors (Lipinski definition) is 6. The number of carbonyl (C=O) groups is 2. The summed E-state index contributed by atoms with van der Waals surface area (Å²) in [4.78, 5) is 25.3. The van der Waals surface area contributed by atoms with Gasteiger partial charge in [0, 0.05) is 5.70 Å². The van der Waals surface area contributed by atoms with E-state index in [0.717, 1.165) is 0 Å². The second kappa shape index (κ2) is 7.91. The summed E-state index contributed by atoms with van der Waals surface area (Å²) in [6, 6.07) is 5.82. The molecule has 0 bridgehead atoms. The zero-order valence-electron chi connectivity index (χ0n) is 16.2. The Balaban J connectivity index is 1.96. The van der Waals surface area contributed by atoms with Crippen LogP contribution in [0.1, 0.15) is 31.7 Å². The predicted molar refractivity (Wildman–Crippen MR) is 101 cm³/mol. The van der Waals surface area contributed by atoms with E-state index in [4.69, 9.17) is 0 Å². The molecule has 0 radical (unpaired) electrons. The molecule has 8 nitrogen and oxygen atoms in total. The number of rotatable bonds is 5. The lowest BCUT2D eigenvalue weighted by molar-refractivity contribution is -0.161. The standard InChI is InChI=1S/C18H21F3N4O4S/c1-3-9-30(28,29)24-16(26)12-10(2)22-15-13(11-7-5-4-6-8-11)14(18(19,20)21)23-25(15)17(12)27/h4-8,13-15,22-23H,3,9H2,1-2H3,(H,24,26). The molecule has 0 saturated carbocycles. The van der Waals surface area contributed by atoms with Crippen molar-refractivity contribution in [2.75, 3.05) is 5.75 Å². The van der Waals surface area contributed by atoms with Crippen LogP contribution in [0.2, 0.25) is 0 Å². The van der Waals surface area contributed by atoms with E-state index in [1.807, 2.05) is 0 Å². The number of alkyl halides is 3. The Morgan fingerprint density at radius 3 is 2.43 bits per heavy atom. The molecule has 2 aliphatic heterocycles. The average molecular weight is 446 g/mol. The first-order valence-corrected chi connectivity index (χ1v) is 10.8. The molecule has 0 aliphatic carbocycles. The summed E-state index contributed by atoms with van der Waals surface area (Å²) in [6.07, 6.45) is -5.55. The maximum atomic E-state index is 13.7. The lowest BCUT2D eigenvalue weighted by Crippen LogP contribution is -2.57. The van der Waals surface area contributed by atoms with Crippen molar-refractivity contribution in [3.63, 3.8) is 0 Å². The number of sulfonamides is 1. The first kappa shape index (κ1) is 22.1. The van der Waals surface area contributed by atoms with E-state index < -0.39 is 51.7 Å². The molecule has 12 heteroatoms. The van der Waals surface area contributed by atoms with Gasteiger partial charge in [0.2, 0.25) is 10.0 Å². The fourth-order valence-electron chi connectivity index (χ4n) is 3.67. The van der Waals surface area contributed by atoms with Crippen LogP contribution in [0, 0.1) is 0 Å². The van der Waals surface area contributed by atoms with Crippen molar-refractivity contribution < 1.29 is 31.2 Å². The molecule has 30 heavy (non-hydrogen) atoms. The molecule has 0 spiro atoms. The fraction of sp³-hybridized carbons (Fsp3) is 0.444. The molecule has 2 aliphatic rings. The van der Waals surface area contributed by atoms with E-state index in [2.05, 4.69) is 10.7 Å². The highest BCUT2D eigenvalue weighted by Crippen LogP contribution is 2.41. The monoisotopic (exact) mass is 446 g/mol. The summed E-state index contributed by atoms with van der Waals surface area (Å²) in [5, 5.41) is 3.49. The van der Waals surface area contributed by atoms with E-state index in [0.29, 0.717) is 10.6 Å². The summed E-state index contributed by atoms with van der Waals surface area (Å²) >= 11 is 0. The van der Waals surface area contributed by atoms with Crippen LogP contribution in [-0.2, 0) is 19.6 Å². The lowest BCUT2D eigenvalue weighted by atomic mass is 9.89. The number of benzene rings is 1. The van der Waals surface area contributed by atoms with Gasteiger partial charge < -0.3 is 5.32 Å². The molecule has 2 amide bonds. The maximum Gasteiger partial charge on any atom is 0.406 e. The number of nitrogens with zero attached hydrogens (tertiary/aromatic N) is 1. The van der Waals surface area contributed by atoms with E-state index in [1.165, 1.54) is 19.1 Å². The molecule has 164 valence electrons. The van der Waals surface area contributed by atoms with Crippen molar-refractivity contribution in [3.05, 3.63) is 47.2 Å². The molecule has 3 atom stereocenters. The van der Waals surface area contributed by atoms with Gasteiger partial charge in [0.05, 0.1) is 11.7 Å². The van der Waals surface area contributed by atoms with Crippen LogP contribution in [0.5, 0.6) is 0 Å². The Bertz CT molecular complexity index is 979. The summed E-state index contributed by atoms with van der Waals surface area (Å²) in [5.74, 6) is -3.74. The zero-order valence-corrected chi connectivity index (χ0v) is 17.0. The highest BCUT2D eigenvalue weighted by atomic mass is 32.2. The van der Waals surface area contributed by atoms with Crippen LogP contribution in [0.3, 0.4) is 0 Å². The van der Waals surface area contributed by atoms with Crippen molar-refractivity contribution >= 4 is 21.8 Å². The molecule has 3 unspecified atom stereocenters. The van der Waals surface area contributed by atoms with Gasteiger partial charge in [-0.05, 0) is 18.9 Å². The number of carbonyl (C=O) groups excluding carboxylic acids is 2. The van der Waals surface area contributed by atoms with Crippen LogP contribution in [0.15, 0.2) is 41.6 Å². The van der Waals surface area contributed by atoms with Crippen molar-refractivity contribution in [2.24, 2.45) is 0 Å². The maximum absolute atomic E-state index is 13.7. The van der Waals surface area contributed by atoms with E-state index in [1.54, 1.807) is 29.8 Å². The van der Waals surface area contributed by atoms with Crippen LogP contribution >= 0.6 is 0 Å². The normalized spacial score (nSPS) is 24.5. The molecular formula is C18H21F3N4O4S. The number of amides is 2. The largest absolute Gasteiger partial charge is 0.406 e. The summed E-state index contributed by atoms with van der Waals surface area (Å²) in [7, 11) is -3.97. The third kappa shape index (κ3) is 4.15. The number of nitrogens with one attached hydrogen (secondary N) is 3. The first-order chi connectivity index (χ1) is 14.0. The first-order valence-electron chi connectivity index (χ1n) is 9.20. The number of fused-ring (bicyclic) bond motifs is 1. The SMILES string of the molecule is CCCS(=O)(=O)NC(=O)C1=C(C)NC2C(c3ccccc3)C(C(F)(F)F)NN2C1=O. The molecule has 3 N–H and O–H groups in total. The molecule has 0 aromatic heterocycles. The summed E-state index contributed by atoms with van der Waals surface area (Å²) < 4.78 is 66.7. The van der Waals surface area contributed by atoms with E-state index in [9.17, 15) is 31.2 Å². The minimum Gasteiger partial charge on any atom is -0.366 e. The Hall–Kier alpha value is -2.60. The lowest BCUT2D eigenvalue weighted by Gasteiger charge is -2.34. The molecule has 1 saturated heterocycles. The van der Waals surface area contributed by atoms with Gasteiger partial charge in [0.1, 0.15) is 17.8 Å². The third-order valence-corrected chi connectivity index (χ3v) is 6.36. The highest BCUT2D eigenvalue weighted by molar-refractivity contribution is 7.90. The average Bonchev–Trinajstić information content (AvgIpc) is 3.01. The zero-order chi connectivity index (χ0) is 22.3. The summed E-state index contributed by atoms with van der Waals surface area (Å²) in [6.45, 7) is 2.95. The molecule has 1 aromatic rings. The van der Waals surface area contributed by atoms with Crippen LogP contribution < -0.4 is 15.5 Å². The smallest absolute Gasteiger partial charge is 0.366 e. The van der Waals surface area contributed by atoms with Gasteiger partial charge >= 0.3 is 6.18 Å². The van der Waals surface area contributed by atoms with E-state index >= 15 is 0 Å². The number of hydrogen-bond donors (Lipinski definition) is 3.